The van der Waals surface area contributed by atoms with E-state index in [-0.39, 0.29) is 24.5 Å². The SMILES string of the molecule is C.NCCCNC(=O)c1cnn2ccc(N3CCC[C@@H]3c3cc(F)cnc3Cl)nc12. The third-order valence-electron chi connectivity index (χ3n) is 5.00. The van der Waals surface area contributed by atoms with Gasteiger partial charge in [0.15, 0.2) is 5.65 Å². The summed E-state index contributed by atoms with van der Waals surface area (Å²) >= 11 is 6.23. The van der Waals surface area contributed by atoms with Crippen LogP contribution in [0.25, 0.3) is 5.65 Å². The standard InChI is InChI=1S/C19H21ClFN7O.CH4/c20-17-13(9-12(21)10-24-17)15-3-1-7-27(15)16-4-8-28-18(26-16)14(11-25-28)19(29)23-6-2-5-22;/h4,8-11,15H,1-3,5-7,22H2,(H,23,29);1H4/t15-;/m1./s1. The Kier molecular flexibility index (Phi) is 6.84. The zero-order valence-electron chi connectivity index (χ0n) is 15.7. The van der Waals surface area contributed by atoms with Crippen molar-refractivity contribution in [3.05, 3.63) is 52.8 Å². The molecule has 3 aromatic heterocycles. The van der Waals surface area contributed by atoms with Crippen molar-refractivity contribution in [2.45, 2.75) is 32.7 Å². The molecule has 0 aromatic carbocycles. The van der Waals surface area contributed by atoms with Crippen molar-refractivity contribution in [1.82, 2.24) is 24.9 Å². The molecule has 1 aliphatic rings. The van der Waals surface area contributed by atoms with Crippen LogP contribution < -0.4 is 16.0 Å². The number of aromatic nitrogens is 4. The minimum Gasteiger partial charge on any atom is -0.352 e. The van der Waals surface area contributed by atoms with E-state index >= 15 is 0 Å². The molecule has 0 radical (unpaired) electrons. The van der Waals surface area contributed by atoms with Crippen LogP contribution in [-0.2, 0) is 0 Å². The van der Waals surface area contributed by atoms with Crippen LogP contribution in [0.3, 0.4) is 0 Å². The molecule has 160 valence electrons. The summed E-state index contributed by atoms with van der Waals surface area (Å²) in [5, 5.41) is 7.32. The molecule has 0 aliphatic carbocycles. The fourth-order valence-corrected chi connectivity index (χ4v) is 3.84. The third kappa shape index (κ3) is 4.22. The zero-order valence-corrected chi connectivity index (χ0v) is 16.4. The summed E-state index contributed by atoms with van der Waals surface area (Å²) < 4.78 is 15.3. The number of carbonyl (C=O) groups is 1. The molecule has 0 saturated carbocycles. The van der Waals surface area contributed by atoms with E-state index in [1.165, 1.54) is 12.3 Å². The van der Waals surface area contributed by atoms with Crippen molar-refractivity contribution < 1.29 is 9.18 Å². The molecule has 1 aliphatic heterocycles. The van der Waals surface area contributed by atoms with Gasteiger partial charge >= 0.3 is 0 Å². The van der Waals surface area contributed by atoms with Gasteiger partial charge in [-0.2, -0.15) is 5.10 Å². The van der Waals surface area contributed by atoms with Crippen LogP contribution >= 0.6 is 11.6 Å². The van der Waals surface area contributed by atoms with Crippen molar-refractivity contribution in [1.29, 1.82) is 0 Å². The quantitative estimate of drug-likeness (QED) is 0.457. The molecule has 0 unspecified atom stereocenters. The number of halogens is 2. The first-order chi connectivity index (χ1) is 14.1. The Morgan fingerprint density at radius 3 is 3.03 bits per heavy atom. The number of fused-ring (bicyclic) bond motifs is 1. The summed E-state index contributed by atoms with van der Waals surface area (Å²) in [6, 6.07) is 3.12. The van der Waals surface area contributed by atoms with E-state index in [0.717, 1.165) is 25.6 Å². The predicted octanol–water partition coefficient (Wildman–Crippen LogP) is 2.97. The minimum absolute atomic E-state index is 0. The monoisotopic (exact) mass is 433 g/mol. The number of carbonyl (C=O) groups excluding carboxylic acids is 1. The Labute approximate surface area is 179 Å². The number of pyridine rings is 1. The number of hydrogen-bond acceptors (Lipinski definition) is 6. The van der Waals surface area contributed by atoms with Gasteiger partial charge < -0.3 is 16.0 Å². The fraction of sp³-hybridized carbons (Fsp3) is 0.400. The molecule has 1 amide bonds. The molecule has 4 rings (SSSR count). The van der Waals surface area contributed by atoms with Gasteiger partial charge in [-0.3, -0.25) is 4.79 Å². The smallest absolute Gasteiger partial charge is 0.256 e. The summed E-state index contributed by atoms with van der Waals surface area (Å²) in [7, 11) is 0. The lowest BCUT2D eigenvalue weighted by atomic mass is 10.1. The first kappa shape index (κ1) is 21.9. The number of hydrogen-bond donors (Lipinski definition) is 2. The van der Waals surface area contributed by atoms with Crippen molar-refractivity contribution in [2.24, 2.45) is 5.73 Å². The molecular weight excluding hydrogens is 409 g/mol. The first-order valence-corrected chi connectivity index (χ1v) is 9.86. The Bertz CT molecular complexity index is 1040. The van der Waals surface area contributed by atoms with E-state index in [0.29, 0.717) is 42.1 Å². The highest BCUT2D eigenvalue weighted by Crippen LogP contribution is 2.38. The van der Waals surface area contributed by atoms with E-state index in [1.54, 1.807) is 10.7 Å². The lowest BCUT2D eigenvalue weighted by molar-refractivity contribution is 0.0955. The van der Waals surface area contributed by atoms with Crippen LogP contribution in [0.5, 0.6) is 0 Å². The number of nitrogens with zero attached hydrogens (tertiary/aromatic N) is 5. The summed E-state index contributed by atoms with van der Waals surface area (Å²) in [6.45, 7) is 1.74. The van der Waals surface area contributed by atoms with Gasteiger partial charge in [-0.05, 0) is 37.9 Å². The van der Waals surface area contributed by atoms with Gasteiger partial charge in [-0.1, -0.05) is 19.0 Å². The predicted molar refractivity (Wildman–Crippen MR) is 114 cm³/mol. The van der Waals surface area contributed by atoms with Crippen LogP contribution in [-0.4, -0.2) is 45.1 Å². The van der Waals surface area contributed by atoms with Crippen molar-refractivity contribution in [3.63, 3.8) is 0 Å². The Morgan fingerprint density at radius 2 is 2.23 bits per heavy atom. The maximum absolute atomic E-state index is 13.7. The highest BCUT2D eigenvalue weighted by molar-refractivity contribution is 6.30. The van der Waals surface area contributed by atoms with Crippen molar-refractivity contribution in [3.8, 4) is 0 Å². The first-order valence-electron chi connectivity index (χ1n) is 9.48. The zero-order chi connectivity index (χ0) is 20.4. The molecular formula is C20H25ClFN7O. The molecule has 3 aromatic rings. The van der Waals surface area contributed by atoms with Crippen LogP contribution in [0.2, 0.25) is 5.15 Å². The maximum atomic E-state index is 13.7. The Hall–Kier alpha value is -2.78. The summed E-state index contributed by atoms with van der Waals surface area (Å²) in [5.74, 6) is 0.0113. The largest absolute Gasteiger partial charge is 0.352 e. The summed E-state index contributed by atoms with van der Waals surface area (Å²) in [5.41, 5.74) is 6.96. The normalized spacial score (nSPS) is 16.0. The molecule has 3 N–H and O–H groups in total. The Balaban J connectivity index is 0.00000256. The average Bonchev–Trinajstić information content (AvgIpc) is 3.36. The van der Waals surface area contributed by atoms with E-state index in [9.17, 15) is 9.18 Å². The molecule has 0 spiro atoms. The van der Waals surface area contributed by atoms with Gasteiger partial charge in [0.25, 0.3) is 5.91 Å². The number of amides is 1. The maximum Gasteiger partial charge on any atom is 0.256 e. The summed E-state index contributed by atoms with van der Waals surface area (Å²) in [6.07, 6.45) is 6.78. The van der Waals surface area contributed by atoms with E-state index < -0.39 is 5.82 Å². The molecule has 1 fully saturated rings. The lowest BCUT2D eigenvalue weighted by Gasteiger charge is -2.26. The molecule has 30 heavy (non-hydrogen) atoms. The van der Waals surface area contributed by atoms with Gasteiger partial charge in [-0.15, -0.1) is 0 Å². The second-order valence-corrected chi connectivity index (χ2v) is 7.25. The lowest BCUT2D eigenvalue weighted by Crippen LogP contribution is -2.26. The highest BCUT2D eigenvalue weighted by Gasteiger charge is 2.30. The van der Waals surface area contributed by atoms with Gasteiger partial charge in [0.05, 0.1) is 18.4 Å². The molecule has 0 bridgehead atoms. The average molecular weight is 434 g/mol. The highest BCUT2D eigenvalue weighted by atomic mass is 35.5. The minimum atomic E-state index is -0.424. The second-order valence-electron chi connectivity index (χ2n) is 6.90. The third-order valence-corrected chi connectivity index (χ3v) is 5.32. The van der Waals surface area contributed by atoms with Gasteiger partial charge in [0.2, 0.25) is 0 Å². The molecule has 4 heterocycles. The topological polar surface area (TPSA) is 101 Å². The van der Waals surface area contributed by atoms with Crippen LogP contribution in [0.15, 0.2) is 30.7 Å². The van der Waals surface area contributed by atoms with Gasteiger partial charge in [-0.25, -0.2) is 18.9 Å². The second kappa shape index (κ2) is 9.36. The van der Waals surface area contributed by atoms with Crippen LogP contribution in [0, 0.1) is 5.82 Å². The Morgan fingerprint density at radius 1 is 1.40 bits per heavy atom. The van der Waals surface area contributed by atoms with Crippen molar-refractivity contribution >= 4 is 29.0 Å². The van der Waals surface area contributed by atoms with Gasteiger partial charge in [0, 0.05) is 24.8 Å². The fourth-order valence-electron chi connectivity index (χ4n) is 3.61. The van der Waals surface area contributed by atoms with Crippen molar-refractivity contribution in [2.75, 3.05) is 24.5 Å². The number of anilines is 1. The van der Waals surface area contributed by atoms with Crippen LogP contribution in [0.4, 0.5) is 10.2 Å². The van der Waals surface area contributed by atoms with E-state index in [4.69, 9.17) is 17.3 Å². The molecule has 8 nitrogen and oxygen atoms in total. The molecule has 1 atom stereocenters. The van der Waals surface area contributed by atoms with Crippen LogP contribution in [0.1, 0.15) is 48.7 Å². The molecule has 10 heteroatoms. The number of nitrogens with two attached hydrogens (primary N) is 1. The van der Waals surface area contributed by atoms with Gasteiger partial charge in [0.1, 0.15) is 22.4 Å². The number of nitrogens with one attached hydrogen (secondary N) is 1. The van der Waals surface area contributed by atoms with E-state index in [2.05, 4.69) is 25.3 Å². The number of rotatable bonds is 6. The summed E-state index contributed by atoms with van der Waals surface area (Å²) in [4.78, 5) is 23.1. The molecule has 1 saturated heterocycles. The van der Waals surface area contributed by atoms with E-state index in [1.807, 2.05) is 6.07 Å².